The van der Waals surface area contributed by atoms with E-state index >= 15 is 0 Å². The van der Waals surface area contributed by atoms with E-state index in [4.69, 9.17) is 13.9 Å². The van der Waals surface area contributed by atoms with Gasteiger partial charge in [-0.05, 0) is 44.9 Å². The Labute approximate surface area is 152 Å². The van der Waals surface area contributed by atoms with E-state index in [9.17, 15) is 9.90 Å². The lowest BCUT2D eigenvalue weighted by atomic mass is 9.89. The van der Waals surface area contributed by atoms with E-state index in [1.807, 2.05) is 32.9 Å². The number of ether oxygens (including phenoxy) is 2. The zero-order valence-electron chi connectivity index (χ0n) is 15.6. The summed E-state index contributed by atoms with van der Waals surface area (Å²) in [5, 5.41) is 11.5. The van der Waals surface area contributed by atoms with Crippen LogP contribution >= 0.6 is 0 Å². The van der Waals surface area contributed by atoms with Crippen LogP contribution in [0.4, 0.5) is 0 Å². The Morgan fingerprint density at radius 3 is 2.81 bits per heavy atom. The summed E-state index contributed by atoms with van der Waals surface area (Å²) in [5.41, 5.74) is 1.74. The van der Waals surface area contributed by atoms with Gasteiger partial charge >= 0.3 is 5.63 Å². The highest BCUT2D eigenvalue weighted by Gasteiger charge is 2.36. The molecule has 1 unspecified atom stereocenters. The van der Waals surface area contributed by atoms with Crippen molar-refractivity contribution in [3.05, 3.63) is 39.3 Å². The van der Waals surface area contributed by atoms with E-state index in [-0.39, 0.29) is 6.10 Å². The first-order chi connectivity index (χ1) is 12.3. The first kappa shape index (κ1) is 17.2. The van der Waals surface area contributed by atoms with Gasteiger partial charge in [-0.3, -0.25) is 0 Å². The van der Waals surface area contributed by atoms with Crippen molar-refractivity contribution in [2.45, 2.75) is 64.8 Å². The van der Waals surface area contributed by atoms with Gasteiger partial charge in [-0.25, -0.2) is 4.79 Å². The molecule has 0 fully saturated rings. The Balaban J connectivity index is 2.16. The van der Waals surface area contributed by atoms with Gasteiger partial charge in [0.2, 0.25) is 0 Å². The standard InChI is InChI=1S/C21H24O5/c1-5-6-12-10-15(23)25-20-16(12)19-13(7-8-21(3,4)26-19)18-17(20)14(22)9-11(2)24-18/h7-8,10-11,14,22H,5-6,9H2,1-4H3/t11?,14-/m0/s1. The molecule has 5 heteroatoms. The number of aliphatic hydroxyl groups is 1. The number of rotatable bonds is 2. The molecular weight excluding hydrogens is 332 g/mol. The first-order valence-corrected chi connectivity index (χ1v) is 9.20. The Morgan fingerprint density at radius 1 is 1.31 bits per heavy atom. The van der Waals surface area contributed by atoms with Crippen LogP contribution in [0.2, 0.25) is 0 Å². The van der Waals surface area contributed by atoms with Crippen LogP contribution in [0.1, 0.15) is 63.3 Å². The minimum Gasteiger partial charge on any atom is -0.489 e. The average Bonchev–Trinajstić information content (AvgIpc) is 2.52. The molecule has 2 atom stereocenters. The molecule has 2 aromatic rings. The monoisotopic (exact) mass is 356 g/mol. The van der Waals surface area contributed by atoms with Crippen molar-refractivity contribution in [3.8, 4) is 11.5 Å². The Kier molecular flexibility index (Phi) is 3.88. The van der Waals surface area contributed by atoms with E-state index in [1.54, 1.807) is 0 Å². The molecule has 2 aliphatic heterocycles. The van der Waals surface area contributed by atoms with Crippen LogP contribution in [0, 0.1) is 0 Å². The largest absolute Gasteiger partial charge is 0.489 e. The molecule has 0 radical (unpaired) electrons. The van der Waals surface area contributed by atoms with Gasteiger partial charge in [0.25, 0.3) is 0 Å². The highest BCUT2D eigenvalue weighted by molar-refractivity contribution is 5.97. The third kappa shape index (κ3) is 2.62. The molecule has 5 nitrogen and oxygen atoms in total. The van der Waals surface area contributed by atoms with Gasteiger partial charge in [0.15, 0.2) is 5.58 Å². The van der Waals surface area contributed by atoms with E-state index in [1.165, 1.54) is 6.07 Å². The molecule has 1 N–H and O–H groups in total. The number of hydrogen-bond acceptors (Lipinski definition) is 5. The third-order valence-electron chi connectivity index (χ3n) is 4.99. The number of fused-ring (bicyclic) bond motifs is 6. The van der Waals surface area contributed by atoms with Gasteiger partial charge in [-0.15, -0.1) is 0 Å². The summed E-state index contributed by atoms with van der Waals surface area (Å²) in [6.45, 7) is 7.95. The minimum atomic E-state index is -0.745. The van der Waals surface area contributed by atoms with Crippen molar-refractivity contribution in [3.63, 3.8) is 0 Å². The summed E-state index contributed by atoms with van der Waals surface area (Å²) in [6, 6.07) is 1.53. The zero-order chi connectivity index (χ0) is 18.6. The zero-order valence-corrected chi connectivity index (χ0v) is 15.6. The molecule has 0 saturated heterocycles. The number of hydrogen-bond donors (Lipinski definition) is 1. The second-order valence-electron chi connectivity index (χ2n) is 7.75. The van der Waals surface area contributed by atoms with Gasteiger partial charge in [-0.1, -0.05) is 13.3 Å². The molecule has 26 heavy (non-hydrogen) atoms. The fourth-order valence-electron chi connectivity index (χ4n) is 3.88. The lowest BCUT2D eigenvalue weighted by Gasteiger charge is -2.34. The predicted octanol–water partition coefficient (Wildman–Crippen LogP) is 4.13. The predicted molar refractivity (Wildman–Crippen MR) is 99.9 cm³/mol. The average molecular weight is 356 g/mol. The van der Waals surface area contributed by atoms with Crippen molar-refractivity contribution >= 4 is 17.0 Å². The maximum Gasteiger partial charge on any atom is 0.336 e. The topological polar surface area (TPSA) is 68.9 Å². The van der Waals surface area contributed by atoms with Gasteiger partial charge in [0.1, 0.15) is 17.1 Å². The van der Waals surface area contributed by atoms with Crippen molar-refractivity contribution in [2.24, 2.45) is 0 Å². The molecule has 1 aromatic heterocycles. The highest BCUT2D eigenvalue weighted by Crippen LogP contribution is 2.51. The summed E-state index contributed by atoms with van der Waals surface area (Å²) >= 11 is 0. The second-order valence-corrected chi connectivity index (χ2v) is 7.75. The normalized spacial score (nSPS) is 23.1. The Hall–Kier alpha value is -2.27. The summed E-state index contributed by atoms with van der Waals surface area (Å²) in [6.07, 6.45) is 5.17. The molecule has 3 heterocycles. The molecule has 1 aromatic carbocycles. The van der Waals surface area contributed by atoms with E-state index < -0.39 is 17.3 Å². The molecule has 4 rings (SSSR count). The molecule has 0 bridgehead atoms. The van der Waals surface area contributed by atoms with Crippen LogP contribution in [-0.2, 0) is 6.42 Å². The maximum atomic E-state index is 12.2. The Bertz CT molecular complexity index is 967. The second kappa shape index (κ2) is 5.88. The summed E-state index contributed by atoms with van der Waals surface area (Å²) in [5.74, 6) is 1.22. The summed E-state index contributed by atoms with van der Waals surface area (Å²) in [4.78, 5) is 12.2. The fourth-order valence-corrected chi connectivity index (χ4v) is 3.88. The van der Waals surface area contributed by atoms with Gasteiger partial charge in [0, 0.05) is 12.5 Å². The first-order valence-electron chi connectivity index (χ1n) is 9.20. The molecular formula is C21H24O5. The van der Waals surface area contributed by atoms with Crippen LogP contribution in [0.25, 0.3) is 17.0 Å². The molecule has 2 aliphatic rings. The summed E-state index contributed by atoms with van der Waals surface area (Å²) in [7, 11) is 0. The van der Waals surface area contributed by atoms with Crippen molar-refractivity contribution in [1.29, 1.82) is 0 Å². The summed E-state index contributed by atoms with van der Waals surface area (Å²) < 4.78 is 17.9. The van der Waals surface area contributed by atoms with Gasteiger partial charge in [0.05, 0.1) is 28.7 Å². The lowest BCUT2D eigenvalue weighted by Crippen LogP contribution is -2.30. The van der Waals surface area contributed by atoms with Gasteiger partial charge in [-0.2, -0.15) is 0 Å². The quantitative estimate of drug-likeness (QED) is 0.819. The lowest BCUT2D eigenvalue weighted by molar-refractivity contribution is 0.0741. The fraction of sp³-hybridized carbons (Fsp3) is 0.476. The molecule has 0 aliphatic carbocycles. The van der Waals surface area contributed by atoms with E-state index in [2.05, 4.69) is 6.92 Å². The number of aliphatic hydroxyl groups excluding tert-OH is 1. The van der Waals surface area contributed by atoms with E-state index in [0.29, 0.717) is 29.1 Å². The number of aryl methyl sites for hydroxylation is 1. The molecule has 0 saturated carbocycles. The maximum absolute atomic E-state index is 12.2. The SMILES string of the molecule is CCCc1cc(=O)oc2c3c(c4c(c12)OC(C)(C)C=C4)OC(C)C[C@@H]3O. The minimum absolute atomic E-state index is 0.132. The Morgan fingerprint density at radius 2 is 2.08 bits per heavy atom. The van der Waals surface area contributed by atoms with Gasteiger partial charge < -0.3 is 19.0 Å². The molecule has 0 spiro atoms. The smallest absolute Gasteiger partial charge is 0.336 e. The van der Waals surface area contributed by atoms with Crippen molar-refractivity contribution in [2.75, 3.05) is 0 Å². The van der Waals surface area contributed by atoms with Crippen LogP contribution < -0.4 is 15.1 Å². The molecule has 0 amide bonds. The van der Waals surface area contributed by atoms with Crippen LogP contribution in [0.15, 0.2) is 21.4 Å². The van der Waals surface area contributed by atoms with Crippen molar-refractivity contribution in [1.82, 2.24) is 0 Å². The highest BCUT2D eigenvalue weighted by atomic mass is 16.5. The van der Waals surface area contributed by atoms with Crippen molar-refractivity contribution < 1.29 is 19.0 Å². The number of benzene rings is 1. The molecule has 138 valence electrons. The van der Waals surface area contributed by atoms with Crippen LogP contribution in [0.3, 0.4) is 0 Å². The van der Waals surface area contributed by atoms with Crippen LogP contribution in [-0.4, -0.2) is 16.8 Å². The van der Waals surface area contributed by atoms with Crippen LogP contribution in [0.5, 0.6) is 11.5 Å². The third-order valence-corrected chi connectivity index (χ3v) is 4.99. The van der Waals surface area contributed by atoms with E-state index in [0.717, 1.165) is 29.4 Å².